The van der Waals surface area contributed by atoms with Crippen LogP contribution in [0.15, 0.2) is 0 Å². The Morgan fingerprint density at radius 1 is 1.00 bits per heavy atom. The number of nitrogens with two attached hydrogens (primary N) is 1. The van der Waals surface area contributed by atoms with Gasteiger partial charge in [0.15, 0.2) is 0 Å². The topological polar surface area (TPSA) is 26.0 Å². The average Bonchev–Trinajstić information content (AvgIpc) is 1.69. The first-order valence-corrected chi connectivity index (χ1v) is 9.71. The Bertz CT molecular complexity index is 50.0. The fourth-order valence-electron chi connectivity index (χ4n) is 1.13. The van der Waals surface area contributed by atoms with E-state index in [0.29, 0.717) is 0 Å². The molecule has 0 spiro atoms. The van der Waals surface area contributed by atoms with Gasteiger partial charge in [0.05, 0.1) is 0 Å². The summed E-state index contributed by atoms with van der Waals surface area (Å²) in [5.74, 6) is 0. The van der Waals surface area contributed by atoms with Gasteiger partial charge in [-0.1, -0.05) is 0 Å². The van der Waals surface area contributed by atoms with E-state index in [4.69, 9.17) is 3.72 Å². The van der Waals surface area contributed by atoms with Crippen molar-refractivity contribution in [3.05, 3.63) is 0 Å². The van der Waals surface area contributed by atoms with Gasteiger partial charge in [-0.25, -0.2) is 0 Å². The molecular weight excluding hydrogens is 189 g/mol. The maximum absolute atomic E-state index is 5.84. The summed E-state index contributed by atoms with van der Waals surface area (Å²) in [6, 6.07) is 0. The van der Waals surface area contributed by atoms with Crippen molar-refractivity contribution in [1.29, 1.82) is 0 Å². The molecule has 0 unspecified atom stereocenters. The summed E-state index contributed by atoms with van der Waals surface area (Å²) >= 11 is -1.17. The molecule has 1 aliphatic heterocycles. The average molecular weight is 201 g/mol. The molecule has 1 heterocycles. The zero-order valence-corrected chi connectivity index (χ0v) is 7.99. The van der Waals surface area contributed by atoms with Crippen LogP contribution in [0.1, 0.15) is 19.3 Å². The van der Waals surface area contributed by atoms with E-state index in [0.717, 1.165) is 0 Å². The molecule has 0 amide bonds. The molecule has 1 rings (SSSR count). The van der Waals surface area contributed by atoms with Crippen LogP contribution in [-0.2, 0) is 0 Å². The third-order valence-corrected chi connectivity index (χ3v) is 8.21. The van der Waals surface area contributed by atoms with Crippen LogP contribution in [-0.4, -0.2) is 21.7 Å². The molecule has 2 N–H and O–H groups in total. The van der Waals surface area contributed by atoms with Crippen LogP contribution >= 0.6 is 0 Å². The summed E-state index contributed by atoms with van der Waals surface area (Å²) in [5.41, 5.74) is 0. The van der Waals surface area contributed by atoms with Gasteiger partial charge in [-0.2, -0.15) is 0 Å². The van der Waals surface area contributed by atoms with E-state index in [9.17, 15) is 0 Å². The molecule has 0 radical (unpaired) electrons. The van der Waals surface area contributed by atoms with Crippen LogP contribution in [0.25, 0.3) is 0 Å². The van der Waals surface area contributed by atoms with E-state index in [1.54, 1.807) is 0 Å². The van der Waals surface area contributed by atoms with Gasteiger partial charge >= 0.3 is 53.1 Å². The Kier molecular flexibility index (Phi) is 2.53. The van der Waals surface area contributed by atoms with Crippen LogP contribution in [0, 0.1) is 0 Å². The van der Waals surface area contributed by atoms with Gasteiger partial charge in [-0.05, 0) is 0 Å². The summed E-state index contributed by atoms with van der Waals surface area (Å²) < 4.78 is 8.79. The van der Waals surface area contributed by atoms with E-state index >= 15 is 0 Å². The van der Waals surface area contributed by atoms with Gasteiger partial charge in [0.1, 0.15) is 0 Å². The van der Waals surface area contributed by atoms with Gasteiger partial charge < -0.3 is 0 Å². The van der Waals surface area contributed by atoms with Crippen LogP contribution in [0.2, 0.25) is 8.35 Å². The van der Waals surface area contributed by atoms with Crippen LogP contribution < -0.4 is 3.72 Å². The van der Waals surface area contributed by atoms with Gasteiger partial charge in [0.25, 0.3) is 0 Å². The van der Waals surface area contributed by atoms with Crippen molar-refractivity contribution >= 4 is 21.7 Å². The predicted molar refractivity (Wildman–Crippen MR) is 33.4 cm³/mol. The molecular formula is C5H12InN. The van der Waals surface area contributed by atoms with E-state index in [1.165, 1.54) is 27.6 Å². The second kappa shape index (κ2) is 2.98. The molecule has 0 bridgehead atoms. The maximum atomic E-state index is 5.84. The third-order valence-electron chi connectivity index (χ3n) is 1.65. The monoisotopic (exact) mass is 201 g/mol. The summed E-state index contributed by atoms with van der Waals surface area (Å²) in [7, 11) is 0. The second-order valence-electron chi connectivity index (χ2n) is 2.40. The van der Waals surface area contributed by atoms with Crippen LogP contribution in [0.5, 0.6) is 0 Å². The van der Waals surface area contributed by atoms with Crippen molar-refractivity contribution in [1.82, 2.24) is 0 Å². The van der Waals surface area contributed by atoms with Gasteiger partial charge in [0, 0.05) is 0 Å². The molecule has 1 nitrogen and oxygen atoms in total. The van der Waals surface area contributed by atoms with E-state index in [2.05, 4.69) is 0 Å². The summed E-state index contributed by atoms with van der Waals surface area (Å²) in [6.07, 6.45) is 4.37. The number of hydrogen-bond donors (Lipinski definition) is 1. The number of rotatable bonds is 0. The van der Waals surface area contributed by atoms with E-state index < -0.39 is 21.7 Å². The molecule has 7 heavy (non-hydrogen) atoms. The van der Waals surface area contributed by atoms with Crippen molar-refractivity contribution in [3.8, 4) is 0 Å². The fourth-order valence-corrected chi connectivity index (χ4v) is 6.60. The Morgan fingerprint density at radius 2 is 1.57 bits per heavy atom. The van der Waals surface area contributed by atoms with Crippen molar-refractivity contribution in [2.75, 3.05) is 0 Å². The zero-order chi connectivity index (χ0) is 5.11. The minimum absolute atomic E-state index is 1.17. The zero-order valence-electron chi connectivity index (χ0n) is 4.69. The summed E-state index contributed by atoms with van der Waals surface area (Å²) in [4.78, 5) is 0. The number of hydrogen-bond acceptors (Lipinski definition) is 1. The normalized spacial score (nSPS) is 22.7. The standard InChI is InChI=1S/C5H10.In.H2N/c1-3-5-4-2;;/h1-5H2;;1H2/q;+1;-1. The van der Waals surface area contributed by atoms with Crippen molar-refractivity contribution in [3.63, 3.8) is 0 Å². The molecule has 0 aromatic heterocycles. The summed E-state index contributed by atoms with van der Waals surface area (Å²) in [5, 5.41) is 0. The van der Waals surface area contributed by atoms with Crippen molar-refractivity contribution in [2.45, 2.75) is 27.6 Å². The molecule has 0 aromatic carbocycles. The first-order valence-electron chi connectivity index (χ1n) is 3.15. The molecule has 0 saturated carbocycles. The van der Waals surface area contributed by atoms with E-state index in [1.807, 2.05) is 0 Å². The van der Waals surface area contributed by atoms with Crippen LogP contribution in [0.4, 0.5) is 0 Å². The molecule has 1 fully saturated rings. The predicted octanol–water partition coefficient (Wildman–Crippen LogP) is 1.12. The fraction of sp³-hybridized carbons (Fsp3) is 1.00. The molecule has 0 atom stereocenters. The summed E-state index contributed by atoms with van der Waals surface area (Å²) in [6.45, 7) is 0. The Labute approximate surface area is 53.2 Å². The van der Waals surface area contributed by atoms with Gasteiger partial charge in [-0.3, -0.25) is 0 Å². The first kappa shape index (κ1) is 5.96. The Hall–Kier alpha value is 0.830. The van der Waals surface area contributed by atoms with Crippen molar-refractivity contribution in [2.24, 2.45) is 3.72 Å². The Balaban J connectivity index is 2.12. The Morgan fingerprint density at radius 3 is 1.86 bits per heavy atom. The molecule has 0 aromatic rings. The van der Waals surface area contributed by atoms with Gasteiger partial charge in [-0.15, -0.1) is 0 Å². The third kappa shape index (κ3) is 2.04. The quantitative estimate of drug-likeness (QED) is 0.624. The SMILES string of the molecule is [NH2][In]1[CH2]CCC[CH2]1. The second-order valence-corrected chi connectivity index (χ2v) is 10.0. The van der Waals surface area contributed by atoms with Crippen molar-refractivity contribution < 1.29 is 0 Å². The molecule has 1 saturated heterocycles. The first-order chi connectivity index (χ1) is 3.39. The minimum atomic E-state index is -1.17. The molecule has 1 aliphatic rings. The van der Waals surface area contributed by atoms with Gasteiger partial charge in [0.2, 0.25) is 0 Å². The van der Waals surface area contributed by atoms with E-state index in [-0.39, 0.29) is 0 Å². The molecule has 40 valence electrons. The molecule has 2 heteroatoms. The van der Waals surface area contributed by atoms with Crippen LogP contribution in [0.3, 0.4) is 0 Å². The molecule has 0 aliphatic carbocycles.